The summed E-state index contributed by atoms with van der Waals surface area (Å²) in [7, 11) is 0. The number of hydrogen-bond donors (Lipinski definition) is 2. The average molecular weight is 457 g/mol. The molecule has 8 heteroatoms. The van der Waals surface area contributed by atoms with Gasteiger partial charge in [0.05, 0.1) is 12.6 Å². The number of nitrogens with one attached hydrogen (secondary N) is 2. The molecule has 0 spiro atoms. The molecule has 2 heterocycles. The van der Waals surface area contributed by atoms with E-state index in [9.17, 15) is 9.59 Å². The summed E-state index contributed by atoms with van der Waals surface area (Å²) in [5, 5.41) is 6.58. The number of nitrogens with zero attached hydrogens (tertiary/aromatic N) is 2. The lowest BCUT2D eigenvalue weighted by molar-refractivity contribution is -0.135. The van der Waals surface area contributed by atoms with Gasteiger partial charge in [-0.1, -0.05) is 43.2 Å². The lowest BCUT2D eigenvalue weighted by Crippen LogP contribution is -2.54. The Morgan fingerprint density at radius 3 is 2.40 bits per heavy atom. The first kappa shape index (κ1) is 24.9. The first-order valence-electron chi connectivity index (χ1n) is 10.8. The number of carbonyl (C=O) groups excluding carboxylic acids is 2. The van der Waals surface area contributed by atoms with Gasteiger partial charge in [-0.05, 0) is 30.7 Å². The maximum atomic E-state index is 12.9. The Morgan fingerprint density at radius 1 is 1.00 bits per heavy atom. The first-order chi connectivity index (χ1) is 13.7. The molecule has 1 aromatic rings. The largest absolute Gasteiger partial charge is 0.351 e. The molecule has 2 N–H and O–H groups in total. The van der Waals surface area contributed by atoms with Gasteiger partial charge in [-0.3, -0.25) is 14.5 Å². The number of amides is 2. The van der Waals surface area contributed by atoms with Crippen LogP contribution < -0.4 is 10.6 Å². The lowest BCUT2D eigenvalue weighted by Gasteiger charge is -2.35. The maximum absolute atomic E-state index is 12.9. The molecule has 0 radical (unpaired) electrons. The highest BCUT2D eigenvalue weighted by Gasteiger charge is 2.40. The molecule has 1 aliphatic carbocycles. The molecule has 3 aliphatic rings. The molecule has 2 amide bonds. The van der Waals surface area contributed by atoms with Crippen molar-refractivity contribution in [1.29, 1.82) is 0 Å². The molecule has 1 saturated carbocycles. The summed E-state index contributed by atoms with van der Waals surface area (Å²) < 4.78 is 0. The third-order valence-corrected chi connectivity index (χ3v) is 6.54. The molecule has 2 saturated heterocycles. The van der Waals surface area contributed by atoms with Crippen molar-refractivity contribution in [2.24, 2.45) is 5.92 Å². The Morgan fingerprint density at radius 2 is 1.70 bits per heavy atom. The van der Waals surface area contributed by atoms with E-state index in [-0.39, 0.29) is 42.7 Å². The molecule has 1 aromatic carbocycles. The van der Waals surface area contributed by atoms with E-state index in [1.165, 1.54) is 25.7 Å². The van der Waals surface area contributed by atoms with Gasteiger partial charge in [0.2, 0.25) is 11.8 Å². The van der Waals surface area contributed by atoms with Crippen LogP contribution in [-0.2, 0) is 16.1 Å². The van der Waals surface area contributed by atoms with Crippen LogP contribution in [0.1, 0.15) is 37.7 Å². The second kappa shape index (κ2) is 11.9. The van der Waals surface area contributed by atoms with Crippen molar-refractivity contribution in [1.82, 2.24) is 20.4 Å². The highest BCUT2D eigenvalue weighted by atomic mass is 35.5. The predicted molar refractivity (Wildman–Crippen MR) is 123 cm³/mol. The molecule has 2 aliphatic heterocycles. The van der Waals surface area contributed by atoms with Crippen molar-refractivity contribution >= 4 is 36.6 Å². The van der Waals surface area contributed by atoms with Crippen LogP contribution in [0.4, 0.5) is 0 Å². The molecule has 0 bridgehead atoms. The Labute approximate surface area is 192 Å². The SMILES string of the molecule is Cl.Cl.O=C(CN1CCN(C(=O)C2CC3CCCCC3N2)CC1)NCc1ccccc1. The summed E-state index contributed by atoms with van der Waals surface area (Å²) in [6, 6.07) is 10.5. The van der Waals surface area contributed by atoms with Gasteiger partial charge in [-0.2, -0.15) is 0 Å². The molecule has 0 aromatic heterocycles. The molecule has 4 rings (SSSR count). The fourth-order valence-electron chi connectivity index (χ4n) is 4.91. The lowest BCUT2D eigenvalue weighted by atomic mass is 9.85. The molecular formula is C22H34Cl2N4O2. The Kier molecular flexibility index (Phi) is 9.88. The summed E-state index contributed by atoms with van der Waals surface area (Å²) in [6.45, 7) is 3.94. The normalized spacial score (nSPS) is 26.1. The smallest absolute Gasteiger partial charge is 0.239 e. The summed E-state index contributed by atoms with van der Waals surface area (Å²) in [6.07, 6.45) is 6.11. The third-order valence-electron chi connectivity index (χ3n) is 6.54. The van der Waals surface area contributed by atoms with Crippen molar-refractivity contribution in [3.8, 4) is 0 Å². The first-order valence-corrected chi connectivity index (χ1v) is 10.8. The second-order valence-electron chi connectivity index (χ2n) is 8.47. The number of carbonyl (C=O) groups is 2. The zero-order valence-electron chi connectivity index (χ0n) is 17.4. The predicted octanol–water partition coefficient (Wildman–Crippen LogP) is 2.21. The van der Waals surface area contributed by atoms with Gasteiger partial charge >= 0.3 is 0 Å². The van der Waals surface area contributed by atoms with Gasteiger partial charge in [-0.15, -0.1) is 24.8 Å². The highest BCUT2D eigenvalue weighted by molar-refractivity contribution is 5.85. The summed E-state index contributed by atoms with van der Waals surface area (Å²) in [5.74, 6) is 1.00. The van der Waals surface area contributed by atoms with E-state index >= 15 is 0 Å². The number of benzene rings is 1. The van der Waals surface area contributed by atoms with Gasteiger partial charge in [0.1, 0.15) is 0 Å². The number of halogens is 2. The topological polar surface area (TPSA) is 64.7 Å². The van der Waals surface area contributed by atoms with Gasteiger partial charge < -0.3 is 15.5 Å². The molecule has 3 atom stereocenters. The zero-order valence-corrected chi connectivity index (χ0v) is 19.1. The number of piperazine rings is 1. The van der Waals surface area contributed by atoms with Crippen molar-refractivity contribution in [2.75, 3.05) is 32.7 Å². The number of fused-ring (bicyclic) bond motifs is 1. The van der Waals surface area contributed by atoms with Gasteiger partial charge in [0.15, 0.2) is 0 Å². The standard InChI is InChI=1S/C22H32N4O2.2ClH/c27-21(23-15-17-6-2-1-3-7-17)16-25-10-12-26(13-11-25)22(28)20-14-18-8-4-5-9-19(18)24-20;;/h1-3,6-7,18-20,24H,4-5,8-16H2,(H,23,27);2*1H. The van der Waals surface area contributed by atoms with E-state index in [1.807, 2.05) is 35.2 Å². The minimum absolute atomic E-state index is 0. The van der Waals surface area contributed by atoms with Crippen LogP contribution in [0.15, 0.2) is 30.3 Å². The quantitative estimate of drug-likeness (QED) is 0.712. The molecular weight excluding hydrogens is 423 g/mol. The minimum atomic E-state index is 0. The third kappa shape index (κ3) is 6.33. The van der Waals surface area contributed by atoms with Crippen LogP contribution in [0.25, 0.3) is 0 Å². The minimum Gasteiger partial charge on any atom is -0.351 e. The van der Waals surface area contributed by atoms with E-state index in [4.69, 9.17) is 0 Å². The number of rotatable bonds is 5. The highest BCUT2D eigenvalue weighted by Crippen LogP contribution is 2.33. The fourth-order valence-corrected chi connectivity index (χ4v) is 4.91. The molecule has 3 unspecified atom stereocenters. The van der Waals surface area contributed by atoms with E-state index in [1.54, 1.807) is 0 Å². The molecule has 6 nitrogen and oxygen atoms in total. The monoisotopic (exact) mass is 456 g/mol. The van der Waals surface area contributed by atoms with E-state index in [0.29, 0.717) is 25.0 Å². The van der Waals surface area contributed by atoms with Crippen molar-refractivity contribution < 1.29 is 9.59 Å². The Hall–Kier alpha value is -1.34. The van der Waals surface area contributed by atoms with Gasteiger partial charge in [-0.25, -0.2) is 0 Å². The van der Waals surface area contributed by atoms with Crippen molar-refractivity contribution in [2.45, 2.75) is 50.7 Å². The van der Waals surface area contributed by atoms with Crippen LogP contribution in [0, 0.1) is 5.92 Å². The van der Waals surface area contributed by atoms with Crippen LogP contribution in [0.2, 0.25) is 0 Å². The second-order valence-corrected chi connectivity index (χ2v) is 8.47. The van der Waals surface area contributed by atoms with Crippen LogP contribution in [0.3, 0.4) is 0 Å². The molecule has 3 fully saturated rings. The van der Waals surface area contributed by atoms with Crippen LogP contribution >= 0.6 is 24.8 Å². The van der Waals surface area contributed by atoms with E-state index in [2.05, 4.69) is 15.5 Å². The Bertz CT molecular complexity index is 669. The van der Waals surface area contributed by atoms with Gasteiger partial charge in [0.25, 0.3) is 0 Å². The van der Waals surface area contributed by atoms with Crippen molar-refractivity contribution in [3.63, 3.8) is 0 Å². The number of hydrogen-bond acceptors (Lipinski definition) is 4. The summed E-state index contributed by atoms with van der Waals surface area (Å²) in [4.78, 5) is 29.2. The maximum Gasteiger partial charge on any atom is 0.239 e. The van der Waals surface area contributed by atoms with Gasteiger partial charge in [0, 0.05) is 38.8 Å². The van der Waals surface area contributed by atoms with Crippen LogP contribution in [-0.4, -0.2) is 66.4 Å². The van der Waals surface area contributed by atoms with E-state index < -0.39 is 0 Å². The summed E-state index contributed by atoms with van der Waals surface area (Å²) >= 11 is 0. The summed E-state index contributed by atoms with van der Waals surface area (Å²) in [5.41, 5.74) is 1.11. The van der Waals surface area contributed by atoms with E-state index in [0.717, 1.165) is 38.2 Å². The fraction of sp³-hybridized carbons (Fsp3) is 0.636. The average Bonchev–Trinajstić information content (AvgIpc) is 3.17. The van der Waals surface area contributed by atoms with Crippen LogP contribution in [0.5, 0.6) is 0 Å². The molecule has 30 heavy (non-hydrogen) atoms. The Balaban J connectivity index is 0.00000160. The van der Waals surface area contributed by atoms with Crippen molar-refractivity contribution in [3.05, 3.63) is 35.9 Å². The zero-order chi connectivity index (χ0) is 19.3. The molecule has 168 valence electrons.